The number of hydrogen-bond acceptors (Lipinski definition) is 5. The molecule has 0 radical (unpaired) electrons. The number of piperidine rings is 1. The fourth-order valence-corrected chi connectivity index (χ4v) is 4.09. The third-order valence-electron chi connectivity index (χ3n) is 6.39. The topological polar surface area (TPSA) is 56.2 Å². The van der Waals surface area contributed by atoms with Gasteiger partial charge in [-0.3, -0.25) is 0 Å². The quantitative estimate of drug-likeness (QED) is 0.536. The molecule has 3 rings (SSSR count). The van der Waals surface area contributed by atoms with E-state index >= 15 is 0 Å². The van der Waals surface area contributed by atoms with Crippen LogP contribution >= 0.6 is 0 Å². The molecule has 1 saturated heterocycles. The second kappa shape index (κ2) is 11.5. The van der Waals surface area contributed by atoms with E-state index in [1.54, 1.807) is 0 Å². The Labute approximate surface area is 187 Å². The second-order valence-corrected chi connectivity index (χ2v) is 8.77. The standard InChI is InChI=1S/C26H38N2O3/c1-3-4-20-31-24-12-10-23(11-13-24)27(2)21-25(29)26(30)15-18-28(19-16-26)17-14-22-8-6-5-7-9-22/h5-13,25,29-30H,3-4,14-21H2,1-2H3. The maximum atomic E-state index is 11.1. The number of nitrogens with zero attached hydrogens (tertiary/aromatic N) is 2. The van der Waals surface area contributed by atoms with Crippen molar-refractivity contribution >= 4 is 5.69 Å². The number of benzene rings is 2. The van der Waals surface area contributed by atoms with Crippen LogP contribution in [0.4, 0.5) is 5.69 Å². The van der Waals surface area contributed by atoms with Crippen LogP contribution in [0.5, 0.6) is 5.75 Å². The highest BCUT2D eigenvalue weighted by atomic mass is 16.5. The molecule has 2 N–H and O–H groups in total. The summed E-state index contributed by atoms with van der Waals surface area (Å²) in [7, 11) is 1.95. The minimum atomic E-state index is -1.03. The lowest BCUT2D eigenvalue weighted by Gasteiger charge is -2.42. The number of likely N-dealkylation sites (N-methyl/N-ethyl adjacent to an activating group) is 1. The molecule has 1 heterocycles. The summed E-state index contributed by atoms with van der Waals surface area (Å²) in [6, 6.07) is 18.4. The molecule has 0 bridgehead atoms. The predicted molar refractivity (Wildman–Crippen MR) is 127 cm³/mol. The van der Waals surface area contributed by atoms with Crippen LogP contribution in [0.3, 0.4) is 0 Å². The SMILES string of the molecule is CCCCOc1ccc(N(C)CC(O)C2(O)CCN(CCc3ccccc3)CC2)cc1. The number of rotatable bonds is 11. The number of likely N-dealkylation sites (tertiary alicyclic amines) is 1. The van der Waals surface area contributed by atoms with E-state index in [-0.39, 0.29) is 0 Å². The molecule has 1 fully saturated rings. The molecule has 31 heavy (non-hydrogen) atoms. The molecule has 1 unspecified atom stereocenters. The van der Waals surface area contributed by atoms with Gasteiger partial charge in [0, 0.05) is 38.9 Å². The highest BCUT2D eigenvalue weighted by molar-refractivity contribution is 5.48. The molecular formula is C26H38N2O3. The van der Waals surface area contributed by atoms with Crippen LogP contribution in [-0.2, 0) is 6.42 Å². The Morgan fingerprint density at radius 2 is 1.74 bits per heavy atom. The largest absolute Gasteiger partial charge is 0.494 e. The van der Waals surface area contributed by atoms with Gasteiger partial charge in [-0.2, -0.15) is 0 Å². The van der Waals surface area contributed by atoms with Crippen molar-refractivity contribution in [3.8, 4) is 5.75 Å². The number of hydrogen-bond donors (Lipinski definition) is 2. The fraction of sp³-hybridized carbons (Fsp3) is 0.538. The third kappa shape index (κ3) is 6.96. The van der Waals surface area contributed by atoms with Crippen LogP contribution in [0, 0.1) is 0 Å². The van der Waals surface area contributed by atoms with Crippen LogP contribution in [0.1, 0.15) is 38.2 Å². The van der Waals surface area contributed by atoms with Crippen LogP contribution in [-0.4, -0.2) is 66.7 Å². The molecule has 2 aromatic rings. The molecule has 170 valence electrons. The van der Waals surface area contributed by atoms with Crippen molar-refractivity contribution in [1.29, 1.82) is 0 Å². The lowest BCUT2D eigenvalue weighted by atomic mass is 9.85. The maximum absolute atomic E-state index is 11.1. The number of aliphatic hydroxyl groups is 2. The Hall–Kier alpha value is -2.08. The van der Waals surface area contributed by atoms with E-state index in [1.807, 2.05) is 42.3 Å². The van der Waals surface area contributed by atoms with Gasteiger partial charge in [-0.05, 0) is 55.5 Å². The van der Waals surface area contributed by atoms with E-state index in [0.717, 1.165) is 56.9 Å². The van der Waals surface area contributed by atoms with Crippen molar-refractivity contribution < 1.29 is 14.9 Å². The monoisotopic (exact) mass is 426 g/mol. The predicted octanol–water partition coefficient (Wildman–Crippen LogP) is 3.73. The van der Waals surface area contributed by atoms with Gasteiger partial charge in [-0.25, -0.2) is 0 Å². The number of ether oxygens (including phenoxy) is 1. The molecule has 5 heteroatoms. The molecule has 2 aromatic carbocycles. The minimum Gasteiger partial charge on any atom is -0.494 e. The highest BCUT2D eigenvalue weighted by Gasteiger charge is 2.39. The summed E-state index contributed by atoms with van der Waals surface area (Å²) < 4.78 is 5.72. The van der Waals surface area contributed by atoms with Crippen molar-refractivity contribution in [3.05, 3.63) is 60.2 Å². The van der Waals surface area contributed by atoms with Crippen LogP contribution < -0.4 is 9.64 Å². The van der Waals surface area contributed by atoms with E-state index in [2.05, 4.69) is 36.1 Å². The zero-order chi connectivity index (χ0) is 22.1. The first kappa shape index (κ1) is 23.6. The Balaban J connectivity index is 1.44. The second-order valence-electron chi connectivity index (χ2n) is 8.77. The lowest BCUT2D eigenvalue weighted by molar-refractivity contribution is -0.104. The summed E-state index contributed by atoms with van der Waals surface area (Å²) in [5.74, 6) is 0.868. The first-order chi connectivity index (χ1) is 15.0. The van der Waals surface area contributed by atoms with Gasteiger partial charge in [-0.15, -0.1) is 0 Å². The van der Waals surface area contributed by atoms with E-state index in [0.29, 0.717) is 19.4 Å². The van der Waals surface area contributed by atoms with Gasteiger partial charge < -0.3 is 24.7 Å². The first-order valence-electron chi connectivity index (χ1n) is 11.6. The average molecular weight is 427 g/mol. The number of anilines is 1. The molecule has 0 saturated carbocycles. The molecule has 1 atom stereocenters. The Morgan fingerprint density at radius 1 is 1.06 bits per heavy atom. The lowest BCUT2D eigenvalue weighted by Crippen LogP contribution is -2.54. The van der Waals surface area contributed by atoms with E-state index in [1.165, 1.54) is 5.56 Å². The highest BCUT2D eigenvalue weighted by Crippen LogP contribution is 2.28. The van der Waals surface area contributed by atoms with Crippen molar-refractivity contribution in [2.45, 2.75) is 50.7 Å². The maximum Gasteiger partial charge on any atom is 0.119 e. The molecular weight excluding hydrogens is 388 g/mol. The van der Waals surface area contributed by atoms with Gasteiger partial charge in [0.1, 0.15) is 11.9 Å². The summed E-state index contributed by atoms with van der Waals surface area (Å²) in [5.41, 5.74) is 1.32. The van der Waals surface area contributed by atoms with Crippen molar-refractivity contribution in [1.82, 2.24) is 4.90 Å². The van der Waals surface area contributed by atoms with E-state index in [4.69, 9.17) is 4.74 Å². The summed E-state index contributed by atoms with van der Waals surface area (Å²) in [6.45, 7) is 5.90. The first-order valence-corrected chi connectivity index (χ1v) is 11.6. The van der Waals surface area contributed by atoms with Gasteiger partial charge in [0.15, 0.2) is 0 Å². The van der Waals surface area contributed by atoms with Gasteiger partial charge in [0.25, 0.3) is 0 Å². The van der Waals surface area contributed by atoms with E-state index < -0.39 is 11.7 Å². The number of aliphatic hydroxyl groups excluding tert-OH is 1. The van der Waals surface area contributed by atoms with Crippen molar-refractivity contribution in [2.24, 2.45) is 0 Å². The van der Waals surface area contributed by atoms with Gasteiger partial charge in [0.2, 0.25) is 0 Å². The Kier molecular flexibility index (Phi) is 8.76. The molecule has 0 aliphatic carbocycles. The normalized spacial score (nSPS) is 17.3. The molecule has 0 aromatic heterocycles. The van der Waals surface area contributed by atoms with Crippen LogP contribution in [0.25, 0.3) is 0 Å². The van der Waals surface area contributed by atoms with Gasteiger partial charge in [0.05, 0.1) is 12.2 Å². The summed E-state index contributed by atoms with van der Waals surface area (Å²) in [4.78, 5) is 4.38. The van der Waals surface area contributed by atoms with Crippen LogP contribution in [0.2, 0.25) is 0 Å². The Morgan fingerprint density at radius 3 is 2.39 bits per heavy atom. The molecule has 1 aliphatic heterocycles. The molecule has 5 nitrogen and oxygen atoms in total. The van der Waals surface area contributed by atoms with Crippen molar-refractivity contribution in [2.75, 3.05) is 44.7 Å². The van der Waals surface area contributed by atoms with Gasteiger partial charge >= 0.3 is 0 Å². The molecule has 0 amide bonds. The Bertz CT molecular complexity index is 758. The van der Waals surface area contributed by atoms with Crippen molar-refractivity contribution in [3.63, 3.8) is 0 Å². The van der Waals surface area contributed by atoms with Gasteiger partial charge in [-0.1, -0.05) is 43.7 Å². The smallest absolute Gasteiger partial charge is 0.119 e. The summed E-state index contributed by atoms with van der Waals surface area (Å²) in [6.07, 6.45) is 3.60. The molecule has 1 aliphatic rings. The van der Waals surface area contributed by atoms with Crippen LogP contribution in [0.15, 0.2) is 54.6 Å². The zero-order valence-electron chi connectivity index (χ0n) is 19.0. The third-order valence-corrected chi connectivity index (χ3v) is 6.39. The zero-order valence-corrected chi connectivity index (χ0v) is 19.0. The fourth-order valence-electron chi connectivity index (χ4n) is 4.09. The average Bonchev–Trinajstić information content (AvgIpc) is 2.80. The summed E-state index contributed by atoms with van der Waals surface area (Å²) >= 11 is 0. The van der Waals surface area contributed by atoms with E-state index in [9.17, 15) is 10.2 Å². The number of unbranched alkanes of at least 4 members (excludes halogenated alkanes) is 1. The minimum absolute atomic E-state index is 0.399. The molecule has 0 spiro atoms. The summed E-state index contributed by atoms with van der Waals surface area (Å²) in [5, 5.41) is 21.9.